The second kappa shape index (κ2) is 49.8. The van der Waals surface area contributed by atoms with E-state index in [9.17, 15) is 45.6 Å². The van der Waals surface area contributed by atoms with Gasteiger partial charge in [0.15, 0.2) is 12.6 Å². The maximum Gasteiger partial charge on any atom is 0.220 e. The van der Waals surface area contributed by atoms with E-state index >= 15 is 0 Å². The van der Waals surface area contributed by atoms with Crippen LogP contribution in [0.2, 0.25) is 0 Å². The fraction of sp³-hybridized carbons (Fsp3) is 0.769. The average Bonchev–Trinajstić information content (AvgIpc) is 3.47. The van der Waals surface area contributed by atoms with Crippen molar-refractivity contribution in [3.05, 3.63) is 85.1 Å². The summed E-state index contributed by atoms with van der Waals surface area (Å²) < 4.78 is 22.8. The van der Waals surface area contributed by atoms with Crippen molar-refractivity contribution in [1.82, 2.24) is 5.32 Å². The molecular formula is C65H113NO13. The number of aliphatic hydroxyl groups is 8. The molecule has 0 aromatic rings. The number of unbranched alkanes of at least 4 members (excludes halogenated alkanes) is 22. The Morgan fingerprint density at radius 2 is 0.873 bits per heavy atom. The lowest BCUT2D eigenvalue weighted by atomic mass is 9.97. The quantitative estimate of drug-likeness (QED) is 0.0204. The minimum absolute atomic E-state index is 0.240. The number of nitrogens with one attached hydrogen (secondary N) is 1. The Bertz CT molecular complexity index is 1650. The third-order valence-corrected chi connectivity index (χ3v) is 14.9. The maximum atomic E-state index is 13.3. The first kappa shape index (κ1) is 72.3. The van der Waals surface area contributed by atoms with E-state index in [2.05, 4.69) is 104 Å². The van der Waals surface area contributed by atoms with Crippen LogP contribution in [0.25, 0.3) is 0 Å². The lowest BCUT2D eigenvalue weighted by Gasteiger charge is -2.46. The van der Waals surface area contributed by atoms with E-state index in [0.717, 1.165) is 89.9 Å². The van der Waals surface area contributed by atoms with Crippen molar-refractivity contribution < 1.29 is 64.6 Å². The van der Waals surface area contributed by atoms with Crippen LogP contribution in [0, 0.1) is 0 Å². The van der Waals surface area contributed by atoms with Gasteiger partial charge in [0.25, 0.3) is 0 Å². The van der Waals surface area contributed by atoms with Gasteiger partial charge in [-0.05, 0) is 70.6 Å². The van der Waals surface area contributed by atoms with Crippen LogP contribution in [0.5, 0.6) is 0 Å². The predicted octanol–water partition coefficient (Wildman–Crippen LogP) is 11.3. The Morgan fingerprint density at radius 3 is 1.33 bits per heavy atom. The van der Waals surface area contributed by atoms with Gasteiger partial charge in [0.2, 0.25) is 5.91 Å². The number of ether oxygens (including phenoxy) is 4. The normalized spacial score (nSPS) is 25.0. The van der Waals surface area contributed by atoms with Crippen molar-refractivity contribution in [3.63, 3.8) is 0 Å². The van der Waals surface area contributed by atoms with Crippen molar-refractivity contribution in [2.24, 2.45) is 0 Å². The van der Waals surface area contributed by atoms with Crippen LogP contribution in [0.3, 0.4) is 0 Å². The molecule has 12 atom stereocenters. The van der Waals surface area contributed by atoms with Crippen LogP contribution in [0.1, 0.15) is 226 Å². The van der Waals surface area contributed by atoms with Crippen molar-refractivity contribution in [2.75, 3.05) is 19.8 Å². The molecule has 79 heavy (non-hydrogen) atoms. The van der Waals surface area contributed by atoms with E-state index in [0.29, 0.717) is 12.8 Å². The summed E-state index contributed by atoms with van der Waals surface area (Å²) in [5.74, 6) is -0.240. The summed E-state index contributed by atoms with van der Waals surface area (Å²) in [6.45, 7) is 2.73. The van der Waals surface area contributed by atoms with Gasteiger partial charge in [-0.25, -0.2) is 0 Å². The molecule has 0 bridgehead atoms. The zero-order valence-corrected chi connectivity index (χ0v) is 49.1. The Kier molecular flexibility index (Phi) is 45.5. The molecule has 2 saturated heterocycles. The lowest BCUT2D eigenvalue weighted by molar-refractivity contribution is -0.359. The molecule has 0 aromatic heterocycles. The topological polar surface area (TPSA) is 228 Å². The highest BCUT2D eigenvalue weighted by Gasteiger charge is 2.51. The van der Waals surface area contributed by atoms with Gasteiger partial charge < -0.3 is 65.1 Å². The molecule has 14 heteroatoms. The smallest absolute Gasteiger partial charge is 0.220 e. The maximum absolute atomic E-state index is 13.3. The van der Waals surface area contributed by atoms with Crippen LogP contribution in [-0.4, -0.2) is 140 Å². The summed E-state index contributed by atoms with van der Waals surface area (Å²) in [6.07, 6.45) is 50.0. The molecule has 456 valence electrons. The Morgan fingerprint density at radius 1 is 0.468 bits per heavy atom. The SMILES string of the molecule is CC/C=C\C/C=C\C/C=C\C/C=C\C/C=C\C/C=C\C/C=C\CCCCCC(=O)NC(COC1OC(CO)C(OC2OC(CO)C(O)C(O)C2O)C(O)C1O)C(O)CCCCCCCCCCCCCCCCCCCCCC. The number of amides is 1. The molecule has 9 N–H and O–H groups in total. The van der Waals surface area contributed by atoms with Crippen LogP contribution in [0.15, 0.2) is 85.1 Å². The van der Waals surface area contributed by atoms with E-state index in [1.54, 1.807) is 0 Å². The van der Waals surface area contributed by atoms with Gasteiger partial charge in [-0.2, -0.15) is 0 Å². The first-order valence-corrected chi connectivity index (χ1v) is 31.3. The largest absolute Gasteiger partial charge is 0.394 e. The summed E-state index contributed by atoms with van der Waals surface area (Å²) in [5.41, 5.74) is 0. The predicted molar refractivity (Wildman–Crippen MR) is 318 cm³/mol. The van der Waals surface area contributed by atoms with Crippen LogP contribution in [-0.2, 0) is 23.7 Å². The minimum atomic E-state index is -1.79. The molecule has 2 rings (SSSR count). The van der Waals surface area contributed by atoms with Crippen molar-refractivity contribution in [1.29, 1.82) is 0 Å². The van der Waals surface area contributed by atoms with E-state index < -0.39 is 86.8 Å². The summed E-state index contributed by atoms with van der Waals surface area (Å²) >= 11 is 0. The number of rotatable bonds is 49. The van der Waals surface area contributed by atoms with Gasteiger partial charge in [-0.1, -0.05) is 234 Å². The number of hydrogen-bond acceptors (Lipinski definition) is 13. The number of allylic oxidation sites excluding steroid dienone is 14. The summed E-state index contributed by atoms with van der Waals surface area (Å²) in [4.78, 5) is 13.3. The molecule has 2 heterocycles. The molecule has 2 aliphatic heterocycles. The lowest BCUT2D eigenvalue weighted by Crippen LogP contribution is -2.65. The highest BCUT2D eigenvalue weighted by atomic mass is 16.7. The Hall–Kier alpha value is -2.83. The van der Waals surface area contributed by atoms with Gasteiger partial charge >= 0.3 is 0 Å². The Labute approximate surface area is 478 Å². The van der Waals surface area contributed by atoms with Crippen LogP contribution < -0.4 is 5.32 Å². The Balaban J connectivity index is 1.76. The molecule has 0 aliphatic carbocycles. The minimum Gasteiger partial charge on any atom is -0.394 e. The molecule has 2 aliphatic rings. The molecule has 0 saturated carbocycles. The number of carbonyl (C=O) groups is 1. The second-order valence-corrected chi connectivity index (χ2v) is 21.8. The molecule has 1 amide bonds. The van der Waals surface area contributed by atoms with Crippen molar-refractivity contribution in [2.45, 2.75) is 299 Å². The summed E-state index contributed by atoms with van der Waals surface area (Å²) in [6, 6.07) is -0.853. The first-order valence-electron chi connectivity index (χ1n) is 31.3. The molecule has 0 radical (unpaired) electrons. The van der Waals surface area contributed by atoms with Crippen LogP contribution >= 0.6 is 0 Å². The van der Waals surface area contributed by atoms with Crippen LogP contribution in [0.4, 0.5) is 0 Å². The molecule has 14 nitrogen and oxygen atoms in total. The molecule has 0 aromatic carbocycles. The number of hydrogen-bond donors (Lipinski definition) is 9. The van der Waals surface area contributed by atoms with Crippen molar-refractivity contribution >= 4 is 5.91 Å². The summed E-state index contributed by atoms with van der Waals surface area (Å²) in [7, 11) is 0. The van der Waals surface area contributed by atoms with E-state index in [-0.39, 0.29) is 18.9 Å². The van der Waals surface area contributed by atoms with E-state index in [1.807, 2.05) is 0 Å². The van der Waals surface area contributed by atoms with Gasteiger partial charge in [0.05, 0.1) is 32.0 Å². The molecule has 0 spiro atoms. The van der Waals surface area contributed by atoms with Gasteiger partial charge in [-0.3, -0.25) is 4.79 Å². The molecule has 2 fully saturated rings. The molecule has 12 unspecified atom stereocenters. The highest BCUT2D eigenvalue weighted by Crippen LogP contribution is 2.30. The monoisotopic (exact) mass is 1120 g/mol. The zero-order valence-electron chi connectivity index (χ0n) is 49.1. The zero-order chi connectivity index (χ0) is 57.4. The van der Waals surface area contributed by atoms with Gasteiger partial charge in [-0.15, -0.1) is 0 Å². The first-order chi connectivity index (χ1) is 38.6. The standard InChI is InChI=1S/C65H113NO13/c1-3-5-7-9-11-13-15-17-19-21-23-25-26-27-28-29-31-33-35-37-39-41-43-45-47-49-57(70)66-53(54(69)48-46-44-42-40-38-36-34-32-30-24-22-20-18-16-14-12-10-8-6-4-2)52-76-64-62(75)60(73)63(56(51-68)78-64)79-65-61(74)59(72)58(71)55(50-67)77-65/h5,7,11,13,17,19,23,25,27-28,31,33,37,39,53-56,58-65,67-69,71-75H,3-4,6,8-10,12,14-16,18,20-22,24,26,29-30,32,34-36,38,40-52H2,1-2H3,(H,66,70)/b7-5-,13-11-,19-17-,25-23-,28-27-,33-31-,39-37-. The number of carbonyl (C=O) groups excluding carboxylic acids is 1. The fourth-order valence-corrected chi connectivity index (χ4v) is 9.86. The van der Waals surface area contributed by atoms with Gasteiger partial charge in [0.1, 0.15) is 48.8 Å². The van der Waals surface area contributed by atoms with E-state index in [1.165, 1.54) is 103 Å². The molecular weight excluding hydrogens is 1000 g/mol. The van der Waals surface area contributed by atoms with E-state index in [4.69, 9.17) is 18.9 Å². The summed E-state index contributed by atoms with van der Waals surface area (Å²) in [5, 5.41) is 87.4. The fourth-order valence-electron chi connectivity index (χ4n) is 9.86. The van der Waals surface area contributed by atoms with Crippen molar-refractivity contribution in [3.8, 4) is 0 Å². The van der Waals surface area contributed by atoms with Gasteiger partial charge in [0, 0.05) is 6.42 Å². The number of aliphatic hydroxyl groups excluding tert-OH is 8. The second-order valence-electron chi connectivity index (χ2n) is 21.8. The highest BCUT2D eigenvalue weighted by molar-refractivity contribution is 5.76. The average molecular weight is 1120 g/mol. The third-order valence-electron chi connectivity index (χ3n) is 14.9. The third kappa shape index (κ3) is 35.0.